The van der Waals surface area contributed by atoms with Gasteiger partial charge < -0.3 is 5.32 Å². The molecule has 20 heavy (non-hydrogen) atoms. The molecular formula is C14H22F3N3. The van der Waals surface area contributed by atoms with Gasteiger partial charge in [0.15, 0.2) is 0 Å². The zero-order chi connectivity index (χ0) is 14.6. The Bertz CT molecular complexity index is 408. The molecule has 0 aromatic carbocycles. The quantitative estimate of drug-likeness (QED) is 0.869. The maximum absolute atomic E-state index is 12.6. The lowest BCUT2D eigenvalue weighted by Gasteiger charge is -2.24. The molecule has 1 N–H and O–H groups in total. The third kappa shape index (κ3) is 3.98. The number of nitrogens with one attached hydrogen (secondary N) is 1. The van der Waals surface area contributed by atoms with Crippen molar-refractivity contribution in [3.63, 3.8) is 0 Å². The van der Waals surface area contributed by atoms with Crippen molar-refractivity contribution in [2.45, 2.75) is 57.8 Å². The number of hydrogen-bond donors (Lipinski definition) is 1. The van der Waals surface area contributed by atoms with Crippen molar-refractivity contribution in [1.29, 1.82) is 0 Å². The summed E-state index contributed by atoms with van der Waals surface area (Å²) in [6.07, 6.45) is 3.50. The van der Waals surface area contributed by atoms with Gasteiger partial charge >= 0.3 is 6.18 Å². The van der Waals surface area contributed by atoms with Gasteiger partial charge in [0.25, 0.3) is 0 Å². The van der Waals surface area contributed by atoms with Crippen LogP contribution in [0.4, 0.5) is 13.2 Å². The minimum absolute atomic E-state index is 0.221. The van der Waals surface area contributed by atoms with E-state index in [4.69, 9.17) is 0 Å². The summed E-state index contributed by atoms with van der Waals surface area (Å²) in [5, 5.41) is 7.32. The molecule has 1 aliphatic carbocycles. The predicted octanol–water partition coefficient (Wildman–Crippen LogP) is 3.46. The average molecular weight is 289 g/mol. The molecule has 3 nitrogen and oxygen atoms in total. The molecule has 1 aromatic heterocycles. The second kappa shape index (κ2) is 6.61. The third-order valence-corrected chi connectivity index (χ3v) is 3.97. The highest BCUT2D eigenvalue weighted by atomic mass is 19.4. The van der Waals surface area contributed by atoms with Crippen LogP contribution in [0.3, 0.4) is 0 Å². The molecule has 1 saturated carbocycles. The van der Waals surface area contributed by atoms with Gasteiger partial charge in [-0.3, -0.25) is 4.68 Å². The first kappa shape index (κ1) is 15.4. The van der Waals surface area contributed by atoms with Gasteiger partial charge in [-0.25, -0.2) is 0 Å². The molecule has 0 bridgehead atoms. The van der Waals surface area contributed by atoms with Gasteiger partial charge in [0, 0.05) is 12.2 Å². The molecule has 6 heteroatoms. The summed E-state index contributed by atoms with van der Waals surface area (Å²) in [6, 6.07) is 0.221. The van der Waals surface area contributed by atoms with Gasteiger partial charge in [-0.05, 0) is 31.7 Å². The predicted molar refractivity (Wildman–Crippen MR) is 71.3 cm³/mol. The van der Waals surface area contributed by atoms with Gasteiger partial charge in [0.1, 0.15) is 0 Å². The highest BCUT2D eigenvalue weighted by Gasteiger charge is 2.32. The fourth-order valence-electron chi connectivity index (χ4n) is 2.88. The van der Waals surface area contributed by atoms with Gasteiger partial charge in [0.2, 0.25) is 0 Å². The van der Waals surface area contributed by atoms with E-state index in [1.165, 1.54) is 17.5 Å². The minimum atomic E-state index is -4.31. The van der Waals surface area contributed by atoms with E-state index in [-0.39, 0.29) is 6.04 Å². The van der Waals surface area contributed by atoms with Crippen molar-refractivity contribution < 1.29 is 13.2 Å². The first-order valence-corrected chi connectivity index (χ1v) is 7.33. The van der Waals surface area contributed by atoms with Crippen LogP contribution >= 0.6 is 0 Å². The van der Waals surface area contributed by atoms with E-state index in [0.29, 0.717) is 12.5 Å². The van der Waals surface area contributed by atoms with Crippen LogP contribution in [0.5, 0.6) is 0 Å². The van der Waals surface area contributed by atoms with Crippen LogP contribution in [0.2, 0.25) is 0 Å². The largest absolute Gasteiger partial charge is 0.419 e. The Labute approximate surface area is 117 Å². The summed E-state index contributed by atoms with van der Waals surface area (Å²) < 4.78 is 39.1. The Kier molecular flexibility index (Phi) is 5.07. The lowest BCUT2D eigenvalue weighted by Crippen LogP contribution is -2.39. The van der Waals surface area contributed by atoms with Crippen LogP contribution in [0.25, 0.3) is 0 Å². The van der Waals surface area contributed by atoms with Crippen molar-refractivity contribution in [2.75, 3.05) is 6.54 Å². The molecule has 0 spiro atoms. The zero-order valence-corrected chi connectivity index (χ0v) is 11.8. The molecular weight excluding hydrogens is 267 g/mol. The Balaban J connectivity index is 2.01. The second-order valence-electron chi connectivity index (χ2n) is 5.55. The molecule has 1 fully saturated rings. The Morgan fingerprint density at radius 3 is 2.65 bits per heavy atom. The van der Waals surface area contributed by atoms with Crippen molar-refractivity contribution in [3.05, 3.63) is 18.0 Å². The fourth-order valence-corrected chi connectivity index (χ4v) is 2.88. The van der Waals surface area contributed by atoms with E-state index in [1.54, 1.807) is 0 Å². The number of rotatable bonds is 6. The molecule has 1 atom stereocenters. The Morgan fingerprint density at radius 1 is 1.40 bits per heavy atom. The SMILES string of the molecule is CCCNC(Cn1cc(C(F)(F)F)cn1)C1CCCC1. The molecule has 1 aliphatic rings. The molecule has 0 radical (unpaired) electrons. The van der Waals surface area contributed by atoms with E-state index in [0.717, 1.165) is 38.2 Å². The summed E-state index contributed by atoms with van der Waals surface area (Å²) in [5.74, 6) is 0.556. The first-order chi connectivity index (χ1) is 9.50. The highest BCUT2D eigenvalue weighted by molar-refractivity contribution is 5.08. The molecule has 0 amide bonds. The highest BCUT2D eigenvalue weighted by Crippen LogP contribution is 2.30. The van der Waals surface area contributed by atoms with Crippen LogP contribution in [-0.2, 0) is 12.7 Å². The fraction of sp³-hybridized carbons (Fsp3) is 0.786. The van der Waals surface area contributed by atoms with Crippen LogP contribution in [0.15, 0.2) is 12.4 Å². The van der Waals surface area contributed by atoms with Gasteiger partial charge in [-0.2, -0.15) is 18.3 Å². The summed E-state index contributed by atoms with van der Waals surface area (Å²) in [4.78, 5) is 0. The lowest BCUT2D eigenvalue weighted by molar-refractivity contribution is -0.137. The number of aromatic nitrogens is 2. The van der Waals surface area contributed by atoms with E-state index in [9.17, 15) is 13.2 Å². The normalized spacial score (nSPS) is 18.6. The molecule has 1 aromatic rings. The van der Waals surface area contributed by atoms with Crippen molar-refractivity contribution >= 4 is 0 Å². The standard InChI is InChI=1S/C14H22F3N3/c1-2-7-18-13(11-5-3-4-6-11)10-20-9-12(8-19-20)14(15,16)17/h8-9,11,13,18H,2-7,10H2,1H3. The van der Waals surface area contributed by atoms with Crippen LogP contribution < -0.4 is 5.32 Å². The molecule has 0 saturated heterocycles. The topological polar surface area (TPSA) is 29.9 Å². The summed E-state index contributed by atoms with van der Waals surface area (Å²) >= 11 is 0. The van der Waals surface area contributed by atoms with Crippen LogP contribution in [0.1, 0.15) is 44.6 Å². The lowest BCUT2D eigenvalue weighted by atomic mass is 9.98. The third-order valence-electron chi connectivity index (χ3n) is 3.97. The summed E-state index contributed by atoms with van der Waals surface area (Å²) in [7, 11) is 0. The Morgan fingerprint density at radius 2 is 2.10 bits per heavy atom. The van der Waals surface area contributed by atoms with E-state index in [1.807, 2.05) is 0 Å². The minimum Gasteiger partial charge on any atom is -0.312 e. The molecule has 1 heterocycles. The average Bonchev–Trinajstić information content (AvgIpc) is 3.04. The monoisotopic (exact) mass is 289 g/mol. The number of alkyl halides is 3. The van der Waals surface area contributed by atoms with E-state index in [2.05, 4.69) is 17.3 Å². The summed E-state index contributed by atoms with van der Waals surface area (Å²) in [5.41, 5.74) is -0.668. The smallest absolute Gasteiger partial charge is 0.312 e. The van der Waals surface area contributed by atoms with Crippen molar-refractivity contribution in [3.8, 4) is 0 Å². The van der Waals surface area contributed by atoms with Gasteiger partial charge in [0.05, 0.1) is 18.3 Å². The summed E-state index contributed by atoms with van der Waals surface area (Å²) in [6.45, 7) is 3.50. The molecule has 0 aliphatic heterocycles. The molecule has 114 valence electrons. The second-order valence-corrected chi connectivity index (χ2v) is 5.55. The van der Waals surface area contributed by atoms with Crippen molar-refractivity contribution in [2.24, 2.45) is 5.92 Å². The number of nitrogens with zero attached hydrogens (tertiary/aromatic N) is 2. The first-order valence-electron chi connectivity index (χ1n) is 7.33. The maximum Gasteiger partial charge on any atom is 0.419 e. The van der Waals surface area contributed by atoms with Gasteiger partial charge in [-0.15, -0.1) is 0 Å². The van der Waals surface area contributed by atoms with Crippen molar-refractivity contribution in [1.82, 2.24) is 15.1 Å². The maximum atomic E-state index is 12.6. The number of halogens is 3. The molecule has 2 rings (SSSR count). The van der Waals surface area contributed by atoms with Gasteiger partial charge in [-0.1, -0.05) is 19.8 Å². The van der Waals surface area contributed by atoms with Crippen LogP contribution in [-0.4, -0.2) is 22.4 Å². The molecule has 1 unspecified atom stereocenters. The van der Waals surface area contributed by atoms with E-state index < -0.39 is 11.7 Å². The number of hydrogen-bond acceptors (Lipinski definition) is 2. The van der Waals surface area contributed by atoms with E-state index >= 15 is 0 Å². The Hall–Kier alpha value is -1.04. The zero-order valence-electron chi connectivity index (χ0n) is 11.8. The van der Waals surface area contributed by atoms with Crippen LogP contribution in [0, 0.1) is 5.92 Å².